The van der Waals surface area contributed by atoms with Crippen LogP contribution in [0.3, 0.4) is 0 Å². The molecule has 0 bridgehead atoms. The molecule has 0 atom stereocenters. The van der Waals surface area contributed by atoms with Gasteiger partial charge in [-0.15, -0.1) is 0 Å². The second-order valence-electron chi connectivity index (χ2n) is 7.29. The van der Waals surface area contributed by atoms with E-state index in [1.807, 2.05) is 24.3 Å². The summed E-state index contributed by atoms with van der Waals surface area (Å²) >= 11 is 6.08. The Morgan fingerprint density at radius 3 is 2.67 bits per heavy atom. The highest BCUT2D eigenvalue weighted by molar-refractivity contribution is 6.30. The van der Waals surface area contributed by atoms with Crippen molar-refractivity contribution in [2.24, 2.45) is 0 Å². The lowest BCUT2D eigenvalue weighted by Crippen LogP contribution is -2.47. The minimum absolute atomic E-state index is 0.306. The SMILES string of the molecule is COc1cc(Cl)ccc1N1CCN(CCn2ccc3c2CCCC3=O)CC1. The molecule has 0 spiro atoms. The maximum Gasteiger partial charge on any atom is 0.164 e. The molecule has 1 saturated heterocycles. The number of fused-ring (bicyclic) bond motifs is 1. The molecule has 2 heterocycles. The first-order valence-electron chi connectivity index (χ1n) is 9.68. The number of aromatic nitrogens is 1. The first kappa shape index (κ1) is 18.4. The van der Waals surface area contributed by atoms with Crippen molar-refractivity contribution >= 4 is 23.1 Å². The number of hydrogen-bond donors (Lipinski definition) is 0. The van der Waals surface area contributed by atoms with Crippen LogP contribution in [0.25, 0.3) is 0 Å². The second kappa shape index (κ2) is 7.95. The zero-order valence-electron chi connectivity index (χ0n) is 15.8. The molecular weight excluding hydrogens is 362 g/mol. The lowest BCUT2D eigenvalue weighted by Gasteiger charge is -2.36. The number of nitrogens with zero attached hydrogens (tertiary/aromatic N) is 3. The topological polar surface area (TPSA) is 37.7 Å². The van der Waals surface area contributed by atoms with Gasteiger partial charge < -0.3 is 14.2 Å². The van der Waals surface area contributed by atoms with Crippen LogP contribution in [0.5, 0.6) is 5.75 Å². The number of piperazine rings is 1. The Kier molecular flexibility index (Phi) is 5.41. The molecule has 1 aromatic carbocycles. The van der Waals surface area contributed by atoms with E-state index in [-0.39, 0.29) is 0 Å². The van der Waals surface area contributed by atoms with Gasteiger partial charge in [-0.3, -0.25) is 9.69 Å². The van der Waals surface area contributed by atoms with Crippen molar-refractivity contribution in [1.82, 2.24) is 9.47 Å². The summed E-state index contributed by atoms with van der Waals surface area (Å²) in [6.07, 6.45) is 4.80. The van der Waals surface area contributed by atoms with Crippen LogP contribution in [-0.2, 0) is 13.0 Å². The van der Waals surface area contributed by atoms with Crippen molar-refractivity contribution in [3.63, 3.8) is 0 Å². The normalized spacial score (nSPS) is 17.9. The van der Waals surface area contributed by atoms with E-state index in [2.05, 4.69) is 20.6 Å². The Morgan fingerprint density at radius 2 is 1.89 bits per heavy atom. The largest absolute Gasteiger partial charge is 0.495 e. The molecule has 0 unspecified atom stereocenters. The summed E-state index contributed by atoms with van der Waals surface area (Å²) < 4.78 is 7.77. The van der Waals surface area contributed by atoms with Gasteiger partial charge in [0.1, 0.15) is 5.75 Å². The predicted octanol–water partition coefficient (Wildman–Crippen LogP) is 3.49. The number of ether oxygens (including phenoxy) is 1. The minimum Gasteiger partial charge on any atom is -0.495 e. The van der Waals surface area contributed by atoms with Gasteiger partial charge in [-0.1, -0.05) is 11.6 Å². The number of anilines is 1. The molecule has 2 aromatic rings. The molecule has 27 heavy (non-hydrogen) atoms. The van der Waals surface area contributed by atoms with E-state index in [1.54, 1.807) is 7.11 Å². The molecule has 0 saturated carbocycles. The summed E-state index contributed by atoms with van der Waals surface area (Å²) in [5.41, 5.74) is 3.29. The van der Waals surface area contributed by atoms with Crippen molar-refractivity contribution in [3.8, 4) is 5.75 Å². The third kappa shape index (κ3) is 3.85. The highest BCUT2D eigenvalue weighted by atomic mass is 35.5. The van der Waals surface area contributed by atoms with E-state index >= 15 is 0 Å². The van der Waals surface area contributed by atoms with Gasteiger partial charge in [0.05, 0.1) is 12.8 Å². The van der Waals surface area contributed by atoms with Gasteiger partial charge in [0.25, 0.3) is 0 Å². The van der Waals surface area contributed by atoms with Gasteiger partial charge in [-0.2, -0.15) is 0 Å². The molecular formula is C21H26ClN3O2. The summed E-state index contributed by atoms with van der Waals surface area (Å²) in [5, 5.41) is 0.697. The summed E-state index contributed by atoms with van der Waals surface area (Å²) in [5.74, 6) is 1.14. The number of carbonyl (C=O) groups is 1. The van der Waals surface area contributed by atoms with Gasteiger partial charge in [0.2, 0.25) is 0 Å². The van der Waals surface area contributed by atoms with Crippen LogP contribution in [0.1, 0.15) is 28.9 Å². The number of methoxy groups -OCH3 is 1. The van der Waals surface area contributed by atoms with E-state index in [9.17, 15) is 4.79 Å². The van der Waals surface area contributed by atoms with Crippen LogP contribution in [0.2, 0.25) is 5.02 Å². The molecule has 6 heteroatoms. The van der Waals surface area contributed by atoms with Crippen LogP contribution in [-0.4, -0.2) is 55.1 Å². The minimum atomic E-state index is 0.306. The lowest BCUT2D eigenvalue weighted by molar-refractivity contribution is 0.0971. The first-order valence-corrected chi connectivity index (χ1v) is 10.1. The fourth-order valence-corrected chi connectivity index (χ4v) is 4.33. The average molecular weight is 388 g/mol. The molecule has 5 nitrogen and oxygen atoms in total. The summed E-state index contributed by atoms with van der Waals surface area (Å²) in [7, 11) is 1.69. The van der Waals surface area contributed by atoms with Gasteiger partial charge in [0.15, 0.2) is 5.78 Å². The Hall–Kier alpha value is -1.98. The zero-order chi connectivity index (χ0) is 18.8. The number of ketones is 1. The number of carbonyl (C=O) groups excluding carboxylic acids is 1. The van der Waals surface area contributed by atoms with E-state index in [0.717, 1.165) is 69.1 Å². The molecule has 2 aliphatic rings. The molecule has 1 aliphatic heterocycles. The number of halogens is 1. The van der Waals surface area contributed by atoms with E-state index in [1.165, 1.54) is 5.69 Å². The van der Waals surface area contributed by atoms with Crippen molar-refractivity contribution in [2.75, 3.05) is 44.7 Å². The second-order valence-corrected chi connectivity index (χ2v) is 7.73. The maximum absolute atomic E-state index is 12.0. The van der Waals surface area contributed by atoms with Crippen LogP contribution in [0.15, 0.2) is 30.5 Å². The predicted molar refractivity (Wildman–Crippen MR) is 108 cm³/mol. The molecule has 0 N–H and O–H groups in total. The van der Waals surface area contributed by atoms with Gasteiger partial charge in [-0.25, -0.2) is 0 Å². The number of benzene rings is 1. The third-order valence-corrected chi connectivity index (χ3v) is 5.94. The number of hydrogen-bond acceptors (Lipinski definition) is 4. The summed E-state index contributed by atoms with van der Waals surface area (Å²) in [4.78, 5) is 16.9. The smallest absolute Gasteiger partial charge is 0.164 e. The molecule has 1 fully saturated rings. The molecule has 4 rings (SSSR count). The fraction of sp³-hybridized carbons (Fsp3) is 0.476. The van der Waals surface area contributed by atoms with Crippen LogP contribution in [0.4, 0.5) is 5.69 Å². The van der Waals surface area contributed by atoms with Gasteiger partial charge >= 0.3 is 0 Å². The monoisotopic (exact) mass is 387 g/mol. The molecule has 144 valence electrons. The Bertz CT molecular complexity index is 825. The highest BCUT2D eigenvalue weighted by Crippen LogP contribution is 2.31. The molecule has 1 aromatic heterocycles. The van der Waals surface area contributed by atoms with Gasteiger partial charge in [0, 0.05) is 74.2 Å². The highest BCUT2D eigenvalue weighted by Gasteiger charge is 2.22. The molecule has 0 radical (unpaired) electrons. The van der Waals surface area contributed by atoms with E-state index in [0.29, 0.717) is 17.2 Å². The standard InChI is InChI=1S/C21H26ClN3O2/c1-27-21-15-16(22)5-6-19(21)25-13-10-23(11-14-25)9-12-24-8-7-17-18(24)3-2-4-20(17)26/h5-8,15H,2-4,9-14H2,1H3. The number of Topliss-reactive ketones (excluding diaryl/α,β-unsaturated/α-hetero) is 1. The fourth-order valence-electron chi connectivity index (χ4n) is 4.17. The van der Waals surface area contributed by atoms with Crippen molar-refractivity contribution < 1.29 is 9.53 Å². The van der Waals surface area contributed by atoms with E-state index < -0.39 is 0 Å². The van der Waals surface area contributed by atoms with Crippen molar-refractivity contribution in [2.45, 2.75) is 25.8 Å². The zero-order valence-corrected chi connectivity index (χ0v) is 16.5. The van der Waals surface area contributed by atoms with Gasteiger partial charge in [-0.05, 0) is 31.0 Å². The number of rotatable bonds is 5. The van der Waals surface area contributed by atoms with Crippen molar-refractivity contribution in [1.29, 1.82) is 0 Å². The average Bonchev–Trinajstić information content (AvgIpc) is 3.11. The molecule has 1 aliphatic carbocycles. The maximum atomic E-state index is 12.0. The third-order valence-electron chi connectivity index (χ3n) is 5.71. The van der Waals surface area contributed by atoms with Crippen molar-refractivity contribution in [3.05, 3.63) is 46.7 Å². The molecule has 0 amide bonds. The van der Waals surface area contributed by atoms with Crippen LogP contribution >= 0.6 is 11.6 Å². The lowest BCUT2D eigenvalue weighted by atomic mass is 9.97. The van der Waals surface area contributed by atoms with E-state index in [4.69, 9.17) is 16.3 Å². The first-order chi connectivity index (χ1) is 13.2. The Morgan fingerprint density at radius 1 is 1.07 bits per heavy atom. The Labute approximate surface area is 165 Å². The van der Waals surface area contributed by atoms with Crippen LogP contribution < -0.4 is 9.64 Å². The Balaban J connectivity index is 1.33. The van der Waals surface area contributed by atoms with Crippen LogP contribution in [0, 0.1) is 0 Å². The quantitative estimate of drug-likeness (QED) is 0.787. The summed E-state index contributed by atoms with van der Waals surface area (Å²) in [6, 6.07) is 7.84. The summed E-state index contributed by atoms with van der Waals surface area (Å²) in [6.45, 7) is 5.96.